The number of hydrogen-bond donors (Lipinski definition) is 2. The Hall–Kier alpha value is -3.14. The van der Waals surface area contributed by atoms with Crippen LogP contribution in [0, 0.1) is 0 Å². The van der Waals surface area contributed by atoms with Gasteiger partial charge in [-0.3, -0.25) is 9.59 Å². The number of amides is 2. The van der Waals surface area contributed by atoms with Gasteiger partial charge in [-0.05, 0) is 34.9 Å². The van der Waals surface area contributed by atoms with Crippen molar-refractivity contribution < 1.29 is 9.59 Å². The van der Waals surface area contributed by atoms with Crippen LogP contribution in [0.1, 0.15) is 15.9 Å². The molecule has 0 radical (unpaired) electrons. The molecule has 2 N–H and O–H groups in total. The van der Waals surface area contributed by atoms with Crippen molar-refractivity contribution in [1.29, 1.82) is 0 Å². The molecule has 0 atom stereocenters. The maximum atomic E-state index is 11.9. The van der Waals surface area contributed by atoms with Crippen LogP contribution in [0.2, 0.25) is 0 Å². The Morgan fingerprint density at radius 2 is 1.48 bits per heavy atom. The fourth-order valence-electron chi connectivity index (χ4n) is 2.76. The van der Waals surface area contributed by atoms with Crippen LogP contribution in [0.5, 0.6) is 0 Å². The summed E-state index contributed by atoms with van der Waals surface area (Å²) < 4.78 is 0. The lowest BCUT2D eigenvalue weighted by Gasteiger charge is -2.09. The summed E-state index contributed by atoms with van der Waals surface area (Å²) in [5, 5.41) is 7.88. The molecule has 0 bridgehead atoms. The Balaban J connectivity index is 1.47. The van der Waals surface area contributed by atoms with E-state index < -0.39 is 0 Å². The van der Waals surface area contributed by atoms with Gasteiger partial charge in [0.15, 0.2) is 0 Å². The number of rotatable bonds is 6. The molecule has 0 heterocycles. The monoisotopic (exact) mass is 332 g/mol. The summed E-state index contributed by atoms with van der Waals surface area (Å²) in [6.07, 6.45) is 0.750. The maximum absolute atomic E-state index is 11.9. The minimum absolute atomic E-state index is 0.0245. The van der Waals surface area contributed by atoms with Crippen molar-refractivity contribution in [3.05, 3.63) is 83.9 Å². The van der Waals surface area contributed by atoms with E-state index in [0.29, 0.717) is 12.1 Å². The Bertz CT molecular complexity index is 870. The Kier molecular flexibility index (Phi) is 5.42. The van der Waals surface area contributed by atoms with Crippen molar-refractivity contribution in [1.82, 2.24) is 10.6 Å². The van der Waals surface area contributed by atoms with Crippen molar-refractivity contribution in [3.8, 4) is 0 Å². The second-order valence-electron chi connectivity index (χ2n) is 5.79. The standard InChI is InChI=1S/C21H20N2O2/c24-20(15-23-21(25)18-8-2-1-3-9-18)22-14-13-17-11-6-10-16-7-4-5-12-19(16)17/h1-12H,13-15H2,(H,22,24)(H,23,25). The normalized spacial score (nSPS) is 10.4. The molecule has 0 saturated carbocycles. The molecule has 0 aliphatic rings. The van der Waals surface area contributed by atoms with E-state index in [-0.39, 0.29) is 18.4 Å². The molecule has 0 aliphatic heterocycles. The fourth-order valence-corrected chi connectivity index (χ4v) is 2.76. The number of nitrogens with one attached hydrogen (secondary N) is 2. The van der Waals surface area contributed by atoms with Gasteiger partial charge in [-0.1, -0.05) is 60.7 Å². The number of carbonyl (C=O) groups excluding carboxylic acids is 2. The highest BCUT2D eigenvalue weighted by atomic mass is 16.2. The van der Waals surface area contributed by atoms with Crippen molar-refractivity contribution in [3.63, 3.8) is 0 Å². The van der Waals surface area contributed by atoms with E-state index in [1.165, 1.54) is 16.3 Å². The van der Waals surface area contributed by atoms with E-state index in [1.807, 2.05) is 24.3 Å². The largest absolute Gasteiger partial charge is 0.354 e. The Morgan fingerprint density at radius 1 is 0.760 bits per heavy atom. The first-order valence-electron chi connectivity index (χ1n) is 8.30. The molecule has 0 unspecified atom stereocenters. The SMILES string of the molecule is O=C(CNC(=O)c1ccccc1)NCCc1cccc2ccccc12. The lowest BCUT2D eigenvalue weighted by molar-refractivity contribution is -0.120. The third-order valence-corrected chi connectivity index (χ3v) is 4.04. The molecule has 4 nitrogen and oxygen atoms in total. The molecule has 126 valence electrons. The van der Waals surface area contributed by atoms with Crippen LogP contribution in [0.3, 0.4) is 0 Å². The predicted octanol–water partition coefficient (Wildman–Crippen LogP) is 2.93. The molecule has 2 amide bonds. The number of fused-ring (bicyclic) bond motifs is 1. The highest BCUT2D eigenvalue weighted by Crippen LogP contribution is 2.18. The molecule has 0 aromatic heterocycles. The summed E-state index contributed by atoms with van der Waals surface area (Å²) >= 11 is 0. The average Bonchev–Trinajstić information content (AvgIpc) is 2.67. The van der Waals surface area contributed by atoms with Gasteiger partial charge in [0, 0.05) is 12.1 Å². The Labute approximate surface area is 146 Å². The third kappa shape index (κ3) is 4.44. The molecular weight excluding hydrogens is 312 g/mol. The van der Waals surface area contributed by atoms with Gasteiger partial charge in [0.2, 0.25) is 5.91 Å². The van der Waals surface area contributed by atoms with E-state index in [1.54, 1.807) is 24.3 Å². The van der Waals surface area contributed by atoms with E-state index in [9.17, 15) is 9.59 Å². The smallest absolute Gasteiger partial charge is 0.251 e. The average molecular weight is 332 g/mol. The fraction of sp³-hybridized carbons (Fsp3) is 0.143. The minimum Gasteiger partial charge on any atom is -0.354 e. The van der Waals surface area contributed by atoms with Gasteiger partial charge in [-0.25, -0.2) is 0 Å². The molecule has 0 saturated heterocycles. The quantitative estimate of drug-likeness (QED) is 0.729. The van der Waals surface area contributed by atoms with Crippen molar-refractivity contribution in [2.45, 2.75) is 6.42 Å². The van der Waals surface area contributed by atoms with E-state index in [0.717, 1.165) is 6.42 Å². The summed E-state index contributed by atoms with van der Waals surface area (Å²) in [6.45, 7) is 0.511. The highest BCUT2D eigenvalue weighted by Gasteiger charge is 2.07. The first-order valence-corrected chi connectivity index (χ1v) is 8.30. The molecule has 0 spiro atoms. The van der Waals surface area contributed by atoms with Crippen LogP contribution < -0.4 is 10.6 Å². The molecule has 0 aliphatic carbocycles. The predicted molar refractivity (Wildman–Crippen MR) is 99.4 cm³/mol. The second kappa shape index (κ2) is 8.11. The molecule has 4 heteroatoms. The van der Waals surface area contributed by atoms with Gasteiger partial charge in [0.05, 0.1) is 6.54 Å². The van der Waals surface area contributed by atoms with E-state index in [4.69, 9.17) is 0 Å². The van der Waals surface area contributed by atoms with Crippen LogP contribution in [-0.4, -0.2) is 24.9 Å². The third-order valence-electron chi connectivity index (χ3n) is 4.04. The zero-order valence-corrected chi connectivity index (χ0v) is 13.9. The molecule has 25 heavy (non-hydrogen) atoms. The topological polar surface area (TPSA) is 58.2 Å². The lowest BCUT2D eigenvalue weighted by atomic mass is 10.0. The lowest BCUT2D eigenvalue weighted by Crippen LogP contribution is -2.37. The zero-order valence-electron chi connectivity index (χ0n) is 13.9. The van der Waals surface area contributed by atoms with Gasteiger partial charge in [-0.2, -0.15) is 0 Å². The maximum Gasteiger partial charge on any atom is 0.251 e. The number of hydrogen-bond acceptors (Lipinski definition) is 2. The van der Waals surface area contributed by atoms with Crippen LogP contribution >= 0.6 is 0 Å². The van der Waals surface area contributed by atoms with E-state index in [2.05, 4.69) is 34.9 Å². The van der Waals surface area contributed by atoms with Gasteiger partial charge >= 0.3 is 0 Å². The highest BCUT2D eigenvalue weighted by molar-refractivity contribution is 5.96. The molecule has 3 rings (SSSR count). The first-order chi connectivity index (χ1) is 12.2. The van der Waals surface area contributed by atoms with Gasteiger partial charge < -0.3 is 10.6 Å². The molecule has 3 aromatic rings. The Morgan fingerprint density at radius 3 is 2.32 bits per heavy atom. The van der Waals surface area contributed by atoms with Gasteiger partial charge in [-0.15, -0.1) is 0 Å². The van der Waals surface area contributed by atoms with Crippen molar-refractivity contribution >= 4 is 22.6 Å². The zero-order chi connectivity index (χ0) is 17.5. The second-order valence-corrected chi connectivity index (χ2v) is 5.79. The van der Waals surface area contributed by atoms with Crippen molar-refractivity contribution in [2.75, 3.05) is 13.1 Å². The minimum atomic E-state index is -0.246. The summed E-state index contributed by atoms with van der Waals surface area (Å²) in [6, 6.07) is 23.2. The van der Waals surface area contributed by atoms with Crippen LogP contribution in [0.15, 0.2) is 72.8 Å². The molecular formula is C21H20N2O2. The summed E-state index contributed by atoms with van der Waals surface area (Å²) in [5.74, 6) is -0.436. The molecule has 3 aromatic carbocycles. The van der Waals surface area contributed by atoms with E-state index >= 15 is 0 Å². The summed E-state index contributed by atoms with van der Waals surface area (Å²) in [7, 11) is 0. The first kappa shape index (κ1) is 16.7. The summed E-state index contributed by atoms with van der Waals surface area (Å²) in [4.78, 5) is 23.8. The van der Waals surface area contributed by atoms with Crippen LogP contribution in [0.25, 0.3) is 10.8 Å². The van der Waals surface area contributed by atoms with Gasteiger partial charge in [0.25, 0.3) is 5.91 Å². The van der Waals surface area contributed by atoms with Crippen molar-refractivity contribution in [2.24, 2.45) is 0 Å². The van der Waals surface area contributed by atoms with Crippen LogP contribution in [-0.2, 0) is 11.2 Å². The molecule has 0 fully saturated rings. The number of benzene rings is 3. The van der Waals surface area contributed by atoms with Gasteiger partial charge in [0.1, 0.15) is 0 Å². The summed E-state index contributed by atoms with van der Waals surface area (Å²) in [5.41, 5.74) is 1.75. The number of carbonyl (C=O) groups is 2. The van der Waals surface area contributed by atoms with Crippen LogP contribution in [0.4, 0.5) is 0 Å².